The highest BCUT2D eigenvalue weighted by Crippen LogP contribution is 2.45. The van der Waals surface area contributed by atoms with Crippen molar-refractivity contribution in [2.45, 2.75) is 30.9 Å². The van der Waals surface area contributed by atoms with Crippen LogP contribution in [-0.2, 0) is 10.3 Å². The maximum Gasteiger partial charge on any atom is 0.249 e. The van der Waals surface area contributed by atoms with Crippen LogP contribution in [0.25, 0.3) is 0 Å². The van der Waals surface area contributed by atoms with E-state index in [0.29, 0.717) is 6.42 Å². The molecule has 1 unspecified atom stereocenters. The van der Waals surface area contributed by atoms with E-state index in [4.69, 9.17) is 0 Å². The summed E-state index contributed by atoms with van der Waals surface area (Å²) >= 11 is 1.64. The molecule has 1 fully saturated rings. The van der Waals surface area contributed by atoms with Gasteiger partial charge >= 0.3 is 0 Å². The lowest BCUT2D eigenvalue weighted by molar-refractivity contribution is -0.130. The molecule has 2 rings (SSSR count). The number of aliphatic hydroxyl groups excluding tert-OH is 1. The largest absolute Gasteiger partial charge is 0.383 e. The summed E-state index contributed by atoms with van der Waals surface area (Å²) in [5.74, 6) is 0.554. The van der Waals surface area contributed by atoms with Crippen molar-refractivity contribution in [1.82, 2.24) is 5.32 Å². The molecule has 0 aromatic heterocycles. The van der Waals surface area contributed by atoms with Crippen molar-refractivity contribution in [2.75, 3.05) is 12.0 Å². The van der Waals surface area contributed by atoms with E-state index >= 15 is 0 Å². The highest BCUT2D eigenvalue weighted by molar-refractivity contribution is 7.98. The first-order valence-electron chi connectivity index (χ1n) is 6.22. The average molecular weight is 265 g/mol. The van der Waals surface area contributed by atoms with Crippen molar-refractivity contribution in [3.63, 3.8) is 0 Å². The van der Waals surface area contributed by atoms with Gasteiger partial charge in [-0.05, 0) is 36.8 Å². The molecule has 1 atom stereocenters. The van der Waals surface area contributed by atoms with E-state index in [0.717, 1.165) is 24.2 Å². The van der Waals surface area contributed by atoms with E-state index in [2.05, 4.69) is 5.32 Å². The number of carbonyl (C=O) groups excluding carboxylic acids is 1. The summed E-state index contributed by atoms with van der Waals surface area (Å²) in [5.41, 5.74) is 0.911. The maximum absolute atomic E-state index is 11.9. The molecule has 1 aromatic rings. The zero-order valence-corrected chi connectivity index (χ0v) is 11.4. The summed E-state index contributed by atoms with van der Waals surface area (Å²) in [7, 11) is 0. The molecule has 1 saturated carbocycles. The van der Waals surface area contributed by atoms with Crippen molar-refractivity contribution in [1.29, 1.82) is 0 Å². The summed E-state index contributed by atoms with van der Waals surface area (Å²) < 4.78 is 0. The van der Waals surface area contributed by atoms with Crippen molar-refractivity contribution in [2.24, 2.45) is 0 Å². The number of carbonyl (C=O) groups is 1. The Labute approximate surface area is 112 Å². The Balaban J connectivity index is 1.95. The van der Waals surface area contributed by atoms with Gasteiger partial charge in [0, 0.05) is 0 Å². The van der Waals surface area contributed by atoms with Gasteiger partial charge < -0.3 is 10.4 Å². The van der Waals surface area contributed by atoms with Gasteiger partial charge in [-0.15, -0.1) is 0 Å². The van der Waals surface area contributed by atoms with E-state index in [9.17, 15) is 9.90 Å². The van der Waals surface area contributed by atoms with Crippen LogP contribution < -0.4 is 5.32 Å². The predicted molar refractivity (Wildman–Crippen MR) is 74.5 cm³/mol. The second-order valence-corrected chi connectivity index (χ2v) is 5.72. The van der Waals surface area contributed by atoms with Gasteiger partial charge in [-0.25, -0.2) is 0 Å². The molecule has 2 N–H and O–H groups in total. The van der Waals surface area contributed by atoms with Crippen LogP contribution in [0.15, 0.2) is 30.3 Å². The summed E-state index contributed by atoms with van der Waals surface area (Å²) in [6, 6.07) is 9.98. The molecular formula is C14H19NO2S. The lowest BCUT2D eigenvalue weighted by Gasteiger charge is -2.20. The van der Waals surface area contributed by atoms with Crippen molar-refractivity contribution in [3.05, 3.63) is 35.9 Å². The van der Waals surface area contributed by atoms with Crippen molar-refractivity contribution >= 4 is 17.7 Å². The lowest BCUT2D eigenvalue weighted by atomic mass is 10.0. The molecular weight excluding hydrogens is 246 g/mol. The smallest absolute Gasteiger partial charge is 0.249 e. The Morgan fingerprint density at radius 2 is 2.11 bits per heavy atom. The first-order valence-corrected chi connectivity index (χ1v) is 7.62. The Bertz CT molecular complexity index is 404. The van der Waals surface area contributed by atoms with Gasteiger partial charge in [0.15, 0.2) is 0 Å². The molecule has 0 spiro atoms. The third-order valence-corrected chi connectivity index (χ3v) is 3.98. The minimum atomic E-state index is -0.890. The fourth-order valence-corrected chi connectivity index (χ4v) is 2.51. The molecule has 1 aliphatic rings. The molecule has 0 aliphatic heterocycles. The van der Waals surface area contributed by atoms with Crippen LogP contribution in [-0.4, -0.2) is 29.1 Å². The molecule has 3 nitrogen and oxygen atoms in total. The van der Waals surface area contributed by atoms with Crippen LogP contribution in [0.1, 0.15) is 24.8 Å². The van der Waals surface area contributed by atoms with Gasteiger partial charge in [0.2, 0.25) is 5.91 Å². The first-order chi connectivity index (χ1) is 8.68. The Morgan fingerprint density at radius 3 is 2.67 bits per heavy atom. The van der Waals surface area contributed by atoms with E-state index in [1.54, 1.807) is 11.8 Å². The predicted octanol–water partition coefficient (Wildman–Crippen LogP) is 1.91. The van der Waals surface area contributed by atoms with E-state index in [1.807, 2.05) is 36.6 Å². The zero-order valence-electron chi connectivity index (χ0n) is 10.6. The minimum Gasteiger partial charge on any atom is -0.383 e. The second kappa shape index (κ2) is 5.76. The van der Waals surface area contributed by atoms with Gasteiger partial charge in [-0.1, -0.05) is 30.3 Å². The number of thioether (sulfide) groups is 1. The Kier molecular flexibility index (Phi) is 4.30. The Hall–Kier alpha value is -1.00. The molecule has 1 aromatic carbocycles. The van der Waals surface area contributed by atoms with Gasteiger partial charge in [-0.3, -0.25) is 4.79 Å². The standard InChI is InChI=1S/C14H19NO2S/c1-18-10-7-12(16)13(17)15-14(8-9-14)11-5-3-2-4-6-11/h2-6,12,16H,7-10H2,1H3,(H,15,17). The van der Waals surface area contributed by atoms with Crippen LogP contribution in [0.3, 0.4) is 0 Å². The first kappa shape index (κ1) is 13.4. The number of nitrogens with one attached hydrogen (secondary N) is 1. The van der Waals surface area contributed by atoms with Crippen LogP contribution in [0.4, 0.5) is 0 Å². The summed E-state index contributed by atoms with van der Waals surface area (Å²) in [6.07, 6.45) is 3.50. The third-order valence-electron chi connectivity index (χ3n) is 3.34. The molecule has 0 bridgehead atoms. The zero-order chi connectivity index (χ0) is 13.0. The van der Waals surface area contributed by atoms with Gasteiger partial charge in [0.1, 0.15) is 6.10 Å². The Morgan fingerprint density at radius 1 is 1.44 bits per heavy atom. The second-order valence-electron chi connectivity index (χ2n) is 4.73. The summed E-state index contributed by atoms with van der Waals surface area (Å²) in [4.78, 5) is 11.9. The molecule has 1 amide bonds. The van der Waals surface area contributed by atoms with E-state index in [1.165, 1.54) is 0 Å². The van der Waals surface area contributed by atoms with Crippen LogP contribution >= 0.6 is 11.8 Å². The molecule has 1 aliphatic carbocycles. The fraction of sp³-hybridized carbons (Fsp3) is 0.500. The lowest BCUT2D eigenvalue weighted by Crippen LogP contribution is -2.41. The fourth-order valence-electron chi connectivity index (χ4n) is 2.05. The number of aliphatic hydroxyl groups is 1. The number of benzene rings is 1. The van der Waals surface area contributed by atoms with Gasteiger partial charge in [-0.2, -0.15) is 11.8 Å². The van der Waals surface area contributed by atoms with Crippen LogP contribution in [0.5, 0.6) is 0 Å². The topological polar surface area (TPSA) is 49.3 Å². The number of rotatable bonds is 6. The molecule has 98 valence electrons. The van der Waals surface area contributed by atoms with Crippen LogP contribution in [0, 0.1) is 0 Å². The third kappa shape index (κ3) is 3.06. The molecule has 4 heteroatoms. The van der Waals surface area contributed by atoms with E-state index < -0.39 is 6.10 Å². The number of amides is 1. The SMILES string of the molecule is CSCCC(O)C(=O)NC1(c2ccccc2)CC1. The monoisotopic (exact) mass is 265 g/mol. The van der Waals surface area contributed by atoms with Crippen molar-refractivity contribution in [3.8, 4) is 0 Å². The molecule has 0 heterocycles. The van der Waals surface area contributed by atoms with Crippen molar-refractivity contribution < 1.29 is 9.90 Å². The molecule has 0 saturated heterocycles. The number of hydrogen-bond acceptors (Lipinski definition) is 3. The van der Waals surface area contributed by atoms with Crippen LogP contribution in [0.2, 0.25) is 0 Å². The molecule has 0 radical (unpaired) electrons. The average Bonchev–Trinajstić information content (AvgIpc) is 3.18. The van der Waals surface area contributed by atoms with Gasteiger partial charge in [0.05, 0.1) is 5.54 Å². The minimum absolute atomic E-state index is 0.224. The number of hydrogen-bond donors (Lipinski definition) is 2. The van der Waals surface area contributed by atoms with Gasteiger partial charge in [0.25, 0.3) is 0 Å². The summed E-state index contributed by atoms with van der Waals surface area (Å²) in [6.45, 7) is 0. The summed E-state index contributed by atoms with van der Waals surface area (Å²) in [5, 5.41) is 12.8. The highest BCUT2D eigenvalue weighted by atomic mass is 32.2. The normalized spacial score (nSPS) is 18.1. The molecule has 18 heavy (non-hydrogen) atoms. The highest BCUT2D eigenvalue weighted by Gasteiger charge is 2.46. The maximum atomic E-state index is 11.9. The quantitative estimate of drug-likeness (QED) is 0.826. The van der Waals surface area contributed by atoms with E-state index in [-0.39, 0.29) is 11.4 Å².